The molecule has 0 N–H and O–H groups in total. The summed E-state index contributed by atoms with van der Waals surface area (Å²) >= 11 is 6.57. The molecular formula is C30H37ClN6O3. The summed E-state index contributed by atoms with van der Waals surface area (Å²) in [6.45, 7) is 5.53. The first-order valence-electron chi connectivity index (χ1n) is 14.5. The molecule has 2 aromatic heterocycles. The predicted molar refractivity (Wildman–Crippen MR) is 154 cm³/mol. The Hall–Kier alpha value is -2.93. The largest absolute Gasteiger partial charge is 0.491 e. The van der Waals surface area contributed by atoms with Crippen molar-refractivity contribution in [1.82, 2.24) is 19.5 Å². The second-order valence-electron chi connectivity index (χ2n) is 11.4. The zero-order chi connectivity index (χ0) is 27.6. The van der Waals surface area contributed by atoms with Gasteiger partial charge in [0.05, 0.1) is 25.4 Å². The lowest BCUT2D eigenvalue weighted by atomic mass is 9.83. The van der Waals surface area contributed by atoms with Crippen molar-refractivity contribution in [2.45, 2.75) is 70.6 Å². The van der Waals surface area contributed by atoms with Crippen LogP contribution in [0.2, 0.25) is 5.02 Å². The summed E-state index contributed by atoms with van der Waals surface area (Å²) in [5, 5.41) is 10.4. The van der Waals surface area contributed by atoms with E-state index in [0.717, 1.165) is 55.3 Å². The highest BCUT2D eigenvalue weighted by Crippen LogP contribution is 2.39. The number of hydrogen-bond acceptors (Lipinski definition) is 8. The lowest BCUT2D eigenvalue weighted by Crippen LogP contribution is -2.49. The molecule has 0 radical (unpaired) electrons. The number of halogens is 1. The average molecular weight is 565 g/mol. The number of methoxy groups -OCH3 is 1. The minimum Gasteiger partial charge on any atom is -0.491 e. The van der Waals surface area contributed by atoms with Crippen molar-refractivity contribution in [2.75, 3.05) is 38.4 Å². The van der Waals surface area contributed by atoms with E-state index in [9.17, 15) is 5.26 Å². The minimum absolute atomic E-state index is 0.0905. The highest BCUT2D eigenvalue weighted by molar-refractivity contribution is 6.31. The fraction of sp³-hybridized carbons (Fsp3) is 0.600. The van der Waals surface area contributed by atoms with Crippen LogP contribution in [0.3, 0.4) is 0 Å². The quantitative estimate of drug-likeness (QED) is 0.325. The van der Waals surface area contributed by atoms with Crippen LogP contribution >= 0.6 is 11.6 Å². The van der Waals surface area contributed by atoms with Crippen molar-refractivity contribution < 1.29 is 14.2 Å². The van der Waals surface area contributed by atoms with Gasteiger partial charge in [0, 0.05) is 30.8 Å². The molecule has 40 heavy (non-hydrogen) atoms. The number of ether oxygens (including phenoxy) is 3. The Labute approximate surface area is 240 Å². The van der Waals surface area contributed by atoms with Gasteiger partial charge in [-0.25, -0.2) is 4.98 Å². The van der Waals surface area contributed by atoms with Crippen molar-refractivity contribution in [1.29, 1.82) is 5.26 Å². The molecule has 3 aliphatic rings. The van der Waals surface area contributed by atoms with Crippen LogP contribution in [0.25, 0.3) is 22.4 Å². The van der Waals surface area contributed by atoms with Gasteiger partial charge in [-0.2, -0.15) is 15.2 Å². The van der Waals surface area contributed by atoms with Crippen molar-refractivity contribution >= 4 is 28.7 Å². The lowest BCUT2D eigenvalue weighted by molar-refractivity contribution is 0.0247. The molecule has 6 rings (SSSR count). The Kier molecular flexibility index (Phi) is 8.10. The summed E-state index contributed by atoms with van der Waals surface area (Å²) in [5.41, 5.74) is 2.82. The third kappa shape index (κ3) is 5.50. The normalized spacial score (nSPS) is 24.7. The van der Waals surface area contributed by atoms with E-state index in [2.05, 4.69) is 27.4 Å². The molecule has 0 spiro atoms. The first-order chi connectivity index (χ1) is 19.5. The third-order valence-electron chi connectivity index (χ3n) is 8.70. The topological polar surface area (TPSA) is 98.3 Å². The van der Waals surface area contributed by atoms with Crippen LogP contribution in [0, 0.1) is 23.2 Å². The molecule has 1 aromatic carbocycles. The summed E-state index contributed by atoms with van der Waals surface area (Å²) in [6, 6.07) is 8.02. The summed E-state index contributed by atoms with van der Waals surface area (Å²) in [5.74, 6) is 2.95. The maximum atomic E-state index is 9.85. The number of benzene rings is 1. The van der Waals surface area contributed by atoms with Crippen LogP contribution < -0.4 is 9.64 Å². The molecule has 0 unspecified atom stereocenters. The fourth-order valence-corrected chi connectivity index (χ4v) is 6.86. The highest BCUT2D eigenvalue weighted by Gasteiger charge is 2.39. The SMILES string of the molecule is COCCOc1cc(Cl)cc(-c2nc(C#N)nc3nc(N4CCO[C@H]5CCC[C@@H]54)n(C[C@H]4CC[C@H](C)CC4)c23)c1. The molecule has 10 heteroatoms. The van der Waals surface area contributed by atoms with E-state index in [0.29, 0.717) is 53.9 Å². The standard InChI is InChI=1S/C30H37ClN6O3/c1-19-6-8-20(9-7-19)18-37-28-27(21-14-22(31)16-23(15-21)39-13-12-38-2)33-26(17-32)34-29(28)35-30(37)36-10-11-40-25-5-3-4-24(25)36/h14-16,19-20,24-25H,3-13,18H2,1-2H3/t19-,20-,24-,25-/m0/s1. The Morgan fingerprint density at radius 1 is 1.07 bits per heavy atom. The van der Waals surface area contributed by atoms with Gasteiger partial charge in [-0.05, 0) is 62.1 Å². The van der Waals surface area contributed by atoms with Gasteiger partial charge in [0.1, 0.15) is 29.6 Å². The molecule has 2 atom stereocenters. The second-order valence-corrected chi connectivity index (χ2v) is 11.9. The number of rotatable bonds is 8. The maximum absolute atomic E-state index is 9.85. The van der Waals surface area contributed by atoms with Gasteiger partial charge >= 0.3 is 0 Å². The third-order valence-corrected chi connectivity index (χ3v) is 8.92. The molecule has 3 aromatic rings. The Morgan fingerprint density at radius 2 is 1.93 bits per heavy atom. The van der Waals surface area contributed by atoms with E-state index in [1.165, 1.54) is 25.7 Å². The Balaban J connectivity index is 1.50. The summed E-state index contributed by atoms with van der Waals surface area (Å²) in [4.78, 5) is 16.9. The summed E-state index contributed by atoms with van der Waals surface area (Å²) in [6.07, 6.45) is 8.43. The van der Waals surface area contributed by atoms with Crippen LogP contribution in [0.15, 0.2) is 18.2 Å². The first-order valence-corrected chi connectivity index (χ1v) is 14.9. The zero-order valence-corrected chi connectivity index (χ0v) is 24.1. The van der Waals surface area contributed by atoms with E-state index in [1.807, 2.05) is 12.1 Å². The lowest BCUT2D eigenvalue weighted by Gasteiger charge is -2.39. The smallest absolute Gasteiger partial charge is 0.234 e. The number of aromatic nitrogens is 4. The molecule has 1 aliphatic heterocycles. The van der Waals surface area contributed by atoms with Crippen LogP contribution in [-0.4, -0.2) is 65.1 Å². The number of fused-ring (bicyclic) bond motifs is 2. The molecule has 3 fully saturated rings. The van der Waals surface area contributed by atoms with Crippen LogP contribution in [0.1, 0.15) is 57.7 Å². The van der Waals surface area contributed by atoms with Gasteiger partial charge in [0.2, 0.25) is 11.8 Å². The molecule has 2 saturated carbocycles. The number of hydrogen-bond donors (Lipinski definition) is 0. The molecule has 2 aliphatic carbocycles. The van der Waals surface area contributed by atoms with Crippen molar-refractivity contribution in [3.05, 3.63) is 29.0 Å². The molecule has 0 amide bonds. The molecule has 1 saturated heterocycles. The van der Waals surface area contributed by atoms with Gasteiger partial charge in [0.15, 0.2) is 5.65 Å². The minimum atomic E-state index is 0.0905. The van der Waals surface area contributed by atoms with Crippen LogP contribution in [0.5, 0.6) is 5.75 Å². The number of imidazole rings is 1. The maximum Gasteiger partial charge on any atom is 0.234 e. The highest BCUT2D eigenvalue weighted by atomic mass is 35.5. The van der Waals surface area contributed by atoms with E-state index in [-0.39, 0.29) is 11.9 Å². The number of morpholine rings is 1. The predicted octanol–water partition coefficient (Wildman–Crippen LogP) is 5.63. The van der Waals surface area contributed by atoms with Gasteiger partial charge in [-0.15, -0.1) is 0 Å². The van der Waals surface area contributed by atoms with Crippen molar-refractivity contribution in [3.63, 3.8) is 0 Å². The Morgan fingerprint density at radius 3 is 2.73 bits per heavy atom. The second kappa shape index (κ2) is 11.9. The van der Waals surface area contributed by atoms with Crippen molar-refractivity contribution in [2.24, 2.45) is 11.8 Å². The summed E-state index contributed by atoms with van der Waals surface area (Å²) in [7, 11) is 1.64. The first kappa shape index (κ1) is 27.3. The average Bonchev–Trinajstić information content (AvgIpc) is 3.58. The Bertz CT molecular complexity index is 1400. The van der Waals surface area contributed by atoms with E-state index in [1.54, 1.807) is 13.2 Å². The van der Waals surface area contributed by atoms with Gasteiger partial charge in [-0.1, -0.05) is 31.4 Å². The van der Waals surface area contributed by atoms with Gasteiger partial charge in [-0.3, -0.25) is 0 Å². The van der Waals surface area contributed by atoms with E-state index >= 15 is 0 Å². The zero-order valence-electron chi connectivity index (χ0n) is 23.3. The number of nitriles is 1. The van der Waals surface area contributed by atoms with Crippen molar-refractivity contribution in [3.8, 4) is 23.1 Å². The van der Waals surface area contributed by atoms with E-state index < -0.39 is 0 Å². The van der Waals surface area contributed by atoms with Gasteiger partial charge in [0.25, 0.3) is 0 Å². The van der Waals surface area contributed by atoms with E-state index in [4.69, 9.17) is 35.8 Å². The molecular weight excluding hydrogens is 528 g/mol. The fourth-order valence-electron chi connectivity index (χ4n) is 6.64. The molecule has 9 nitrogen and oxygen atoms in total. The number of nitrogens with zero attached hydrogens (tertiary/aromatic N) is 6. The molecule has 3 heterocycles. The van der Waals surface area contributed by atoms with Gasteiger partial charge < -0.3 is 23.7 Å². The van der Waals surface area contributed by atoms with Crippen LogP contribution in [0.4, 0.5) is 5.95 Å². The van der Waals surface area contributed by atoms with Crippen LogP contribution in [-0.2, 0) is 16.0 Å². The molecule has 212 valence electrons. The monoisotopic (exact) mass is 564 g/mol. The summed E-state index contributed by atoms with van der Waals surface area (Å²) < 4.78 is 19.5. The number of anilines is 1. The molecule has 0 bridgehead atoms.